The first-order valence-corrected chi connectivity index (χ1v) is 7.07. The van der Waals surface area contributed by atoms with Crippen molar-refractivity contribution in [2.24, 2.45) is 0 Å². The molecular formula is C15H21ClF2N2O2. The van der Waals surface area contributed by atoms with Crippen molar-refractivity contribution in [3.63, 3.8) is 0 Å². The van der Waals surface area contributed by atoms with Crippen molar-refractivity contribution >= 4 is 18.3 Å². The minimum Gasteiger partial charge on any atom is -0.435 e. The number of alkyl halides is 2. The fraction of sp³-hybridized carbons (Fsp3) is 0.533. The van der Waals surface area contributed by atoms with Gasteiger partial charge in [0.2, 0.25) is 5.91 Å². The SMILES string of the molecule is CC1(C(=O)NCc2ccc(OC(F)F)cc2)CCCCN1.Cl. The smallest absolute Gasteiger partial charge is 0.387 e. The normalized spacial score (nSPS) is 21.1. The number of halogens is 3. The van der Waals surface area contributed by atoms with Crippen LogP contribution in [0.25, 0.3) is 0 Å². The Hall–Kier alpha value is -1.40. The van der Waals surface area contributed by atoms with Gasteiger partial charge in [0.05, 0.1) is 5.54 Å². The molecule has 1 amide bonds. The van der Waals surface area contributed by atoms with E-state index in [1.807, 2.05) is 6.92 Å². The van der Waals surface area contributed by atoms with Crippen molar-refractivity contribution in [2.45, 2.75) is 44.9 Å². The monoisotopic (exact) mass is 334 g/mol. The van der Waals surface area contributed by atoms with Crippen LogP contribution in [-0.2, 0) is 11.3 Å². The van der Waals surface area contributed by atoms with Crippen molar-refractivity contribution in [1.29, 1.82) is 0 Å². The van der Waals surface area contributed by atoms with Crippen LogP contribution in [0.5, 0.6) is 5.75 Å². The molecule has 124 valence electrons. The van der Waals surface area contributed by atoms with Gasteiger partial charge in [-0.25, -0.2) is 0 Å². The number of amides is 1. The van der Waals surface area contributed by atoms with E-state index < -0.39 is 12.2 Å². The lowest BCUT2D eigenvalue weighted by Crippen LogP contribution is -2.56. The molecule has 0 saturated carbocycles. The number of hydrogen-bond acceptors (Lipinski definition) is 3. The molecule has 1 heterocycles. The molecule has 0 spiro atoms. The fourth-order valence-electron chi connectivity index (χ4n) is 2.42. The van der Waals surface area contributed by atoms with Crippen molar-refractivity contribution in [3.05, 3.63) is 29.8 Å². The number of benzene rings is 1. The van der Waals surface area contributed by atoms with Gasteiger partial charge < -0.3 is 15.4 Å². The molecule has 0 aliphatic carbocycles. The first-order chi connectivity index (χ1) is 9.99. The van der Waals surface area contributed by atoms with Crippen molar-refractivity contribution in [3.8, 4) is 5.75 Å². The molecule has 1 aromatic carbocycles. The molecule has 1 aliphatic heterocycles. The molecule has 1 saturated heterocycles. The topological polar surface area (TPSA) is 50.4 Å². The molecule has 0 aromatic heterocycles. The summed E-state index contributed by atoms with van der Waals surface area (Å²) in [7, 11) is 0. The predicted molar refractivity (Wildman–Crippen MR) is 82.4 cm³/mol. The van der Waals surface area contributed by atoms with Crippen molar-refractivity contribution in [2.75, 3.05) is 6.54 Å². The third-order valence-corrected chi connectivity index (χ3v) is 3.72. The summed E-state index contributed by atoms with van der Waals surface area (Å²) in [4.78, 5) is 12.2. The van der Waals surface area contributed by atoms with E-state index in [9.17, 15) is 13.6 Å². The summed E-state index contributed by atoms with van der Waals surface area (Å²) in [5, 5.41) is 6.13. The molecule has 2 rings (SSSR count). The number of ether oxygens (including phenoxy) is 1. The van der Waals surface area contributed by atoms with Gasteiger partial charge in [-0.2, -0.15) is 8.78 Å². The van der Waals surface area contributed by atoms with Gasteiger partial charge in [0.15, 0.2) is 0 Å². The molecule has 7 heteroatoms. The van der Waals surface area contributed by atoms with Gasteiger partial charge in [-0.15, -0.1) is 12.4 Å². The van der Waals surface area contributed by atoms with Crippen molar-refractivity contribution < 1.29 is 18.3 Å². The second kappa shape index (κ2) is 8.29. The minimum atomic E-state index is -2.83. The molecule has 1 unspecified atom stereocenters. The Balaban J connectivity index is 0.00000242. The first-order valence-electron chi connectivity index (χ1n) is 7.07. The lowest BCUT2D eigenvalue weighted by molar-refractivity contribution is -0.128. The average Bonchev–Trinajstić information content (AvgIpc) is 2.46. The van der Waals surface area contributed by atoms with Gasteiger partial charge in [0.25, 0.3) is 0 Å². The number of piperidine rings is 1. The number of rotatable bonds is 5. The maximum atomic E-state index is 12.2. The molecule has 0 radical (unpaired) electrons. The van der Waals surface area contributed by atoms with E-state index in [1.165, 1.54) is 12.1 Å². The van der Waals surface area contributed by atoms with Crippen LogP contribution in [-0.4, -0.2) is 24.6 Å². The molecule has 0 bridgehead atoms. The van der Waals surface area contributed by atoms with Crippen LogP contribution in [0.2, 0.25) is 0 Å². The van der Waals surface area contributed by atoms with Crippen LogP contribution in [0.3, 0.4) is 0 Å². The van der Waals surface area contributed by atoms with Gasteiger partial charge in [-0.3, -0.25) is 4.79 Å². The van der Waals surface area contributed by atoms with Gasteiger partial charge in [0.1, 0.15) is 5.75 Å². The average molecular weight is 335 g/mol. The molecule has 4 nitrogen and oxygen atoms in total. The third-order valence-electron chi connectivity index (χ3n) is 3.72. The van der Waals surface area contributed by atoms with E-state index in [4.69, 9.17) is 0 Å². The first kappa shape index (κ1) is 18.6. The summed E-state index contributed by atoms with van der Waals surface area (Å²) in [5.74, 6) is 0.0797. The second-order valence-corrected chi connectivity index (χ2v) is 5.42. The molecule has 1 fully saturated rings. The molecule has 1 aliphatic rings. The zero-order chi connectivity index (χ0) is 15.3. The van der Waals surface area contributed by atoms with E-state index >= 15 is 0 Å². The summed E-state index contributed by atoms with van der Waals surface area (Å²) in [6.45, 7) is 0.295. The maximum absolute atomic E-state index is 12.2. The molecule has 1 aromatic rings. The highest BCUT2D eigenvalue weighted by molar-refractivity contribution is 5.86. The summed E-state index contributed by atoms with van der Waals surface area (Å²) in [6.07, 6.45) is 2.95. The largest absolute Gasteiger partial charge is 0.435 e. The summed E-state index contributed by atoms with van der Waals surface area (Å²) < 4.78 is 28.3. The van der Waals surface area contributed by atoms with E-state index in [2.05, 4.69) is 15.4 Å². The lowest BCUT2D eigenvalue weighted by Gasteiger charge is -2.33. The Morgan fingerprint density at radius 1 is 1.36 bits per heavy atom. The minimum absolute atomic E-state index is 0. The number of nitrogens with one attached hydrogen (secondary N) is 2. The van der Waals surface area contributed by atoms with E-state index in [1.54, 1.807) is 12.1 Å². The van der Waals surface area contributed by atoms with Gasteiger partial charge in [-0.05, 0) is 50.4 Å². The highest BCUT2D eigenvalue weighted by Gasteiger charge is 2.33. The summed E-state index contributed by atoms with van der Waals surface area (Å²) in [6, 6.07) is 6.26. The van der Waals surface area contributed by atoms with Crippen LogP contribution in [0.15, 0.2) is 24.3 Å². The summed E-state index contributed by atoms with van der Waals surface area (Å²) in [5.41, 5.74) is 0.320. The predicted octanol–water partition coefficient (Wildman–Crippen LogP) is 2.86. The molecule has 22 heavy (non-hydrogen) atoms. The third kappa shape index (κ3) is 5.10. The Labute approximate surface area is 135 Å². The lowest BCUT2D eigenvalue weighted by atomic mass is 9.90. The Kier molecular flexibility index (Phi) is 7.03. The van der Waals surface area contributed by atoms with E-state index in [-0.39, 0.29) is 24.1 Å². The standard InChI is InChI=1S/C15H20F2N2O2.ClH/c1-15(8-2-3-9-19-15)13(20)18-10-11-4-6-12(7-5-11)21-14(16)17;/h4-7,14,19H,2-3,8-10H2,1H3,(H,18,20);1H. The van der Waals surface area contributed by atoms with Gasteiger partial charge in [0, 0.05) is 6.54 Å². The molecule has 2 N–H and O–H groups in total. The Bertz CT molecular complexity index is 477. The number of carbonyl (C=O) groups excluding carboxylic acids is 1. The number of carbonyl (C=O) groups is 1. The van der Waals surface area contributed by atoms with Crippen molar-refractivity contribution in [1.82, 2.24) is 10.6 Å². The number of hydrogen-bond donors (Lipinski definition) is 2. The summed E-state index contributed by atoms with van der Waals surface area (Å²) >= 11 is 0. The van der Waals surface area contributed by atoms with E-state index in [0.717, 1.165) is 31.4 Å². The van der Waals surface area contributed by atoms with Crippen LogP contribution < -0.4 is 15.4 Å². The Morgan fingerprint density at radius 3 is 2.59 bits per heavy atom. The van der Waals surface area contributed by atoms with Gasteiger partial charge in [-0.1, -0.05) is 12.1 Å². The van der Waals surface area contributed by atoms with Crippen LogP contribution >= 0.6 is 12.4 Å². The van der Waals surface area contributed by atoms with Gasteiger partial charge >= 0.3 is 6.61 Å². The highest BCUT2D eigenvalue weighted by atomic mass is 35.5. The van der Waals surface area contributed by atoms with Crippen LogP contribution in [0.4, 0.5) is 8.78 Å². The Morgan fingerprint density at radius 2 is 2.05 bits per heavy atom. The second-order valence-electron chi connectivity index (χ2n) is 5.42. The zero-order valence-electron chi connectivity index (χ0n) is 12.4. The quantitative estimate of drug-likeness (QED) is 0.870. The highest BCUT2D eigenvalue weighted by Crippen LogP contribution is 2.19. The molecular weight excluding hydrogens is 314 g/mol. The molecule has 1 atom stereocenters. The van der Waals surface area contributed by atoms with Crippen LogP contribution in [0.1, 0.15) is 31.7 Å². The maximum Gasteiger partial charge on any atom is 0.387 e. The zero-order valence-corrected chi connectivity index (χ0v) is 13.2. The van der Waals surface area contributed by atoms with E-state index in [0.29, 0.717) is 6.54 Å². The van der Waals surface area contributed by atoms with Crippen LogP contribution in [0, 0.1) is 0 Å². The fourth-order valence-corrected chi connectivity index (χ4v) is 2.42.